The molecule has 1 heteroatoms. The zero-order valence-electron chi connectivity index (χ0n) is 10.8. The first-order chi connectivity index (χ1) is 8.05. The van der Waals surface area contributed by atoms with Crippen LogP contribution in [0.3, 0.4) is 0 Å². The number of rotatable bonds is 3. The van der Waals surface area contributed by atoms with Crippen LogP contribution in [0.4, 0.5) is 0 Å². The van der Waals surface area contributed by atoms with Gasteiger partial charge in [-0.3, -0.25) is 0 Å². The molecule has 17 heavy (non-hydrogen) atoms. The number of aliphatic hydroxyl groups excluding tert-OH is 1. The van der Waals surface area contributed by atoms with Crippen LogP contribution in [-0.4, -0.2) is 11.2 Å². The van der Waals surface area contributed by atoms with E-state index >= 15 is 0 Å². The lowest BCUT2D eigenvalue weighted by atomic mass is 9.75. The van der Waals surface area contributed by atoms with Gasteiger partial charge in [0.1, 0.15) is 0 Å². The van der Waals surface area contributed by atoms with Crippen molar-refractivity contribution in [3.63, 3.8) is 0 Å². The van der Waals surface area contributed by atoms with E-state index in [4.69, 9.17) is 0 Å². The van der Waals surface area contributed by atoms with Crippen molar-refractivity contribution in [1.82, 2.24) is 0 Å². The maximum Gasteiger partial charge on any atom is 0.0728 e. The summed E-state index contributed by atoms with van der Waals surface area (Å²) in [5.41, 5.74) is 3.05. The van der Waals surface area contributed by atoms with Crippen LogP contribution < -0.4 is 0 Å². The highest BCUT2D eigenvalue weighted by Gasteiger charge is 2.27. The van der Waals surface area contributed by atoms with Crippen LogP contribution in [-0.2, 0) is 6.42 Å². The molecule has 0 heterocycles. The molecule has 1 aromatic rings. The molecular weight excluding hydrogens is 208 g/mol. The molecular formula is C16H22O. The maximum atomic E-state index is 9.84. The molecule has 0 saturated carbocycles. The predicted molar refractivity (Wildman–Crippen MR) is 71.9 cm³/mol. The number of hydrogen-bond acceptors (Lipinski definition) is 1. The number of allylic oxidation sites excluding steroid dienone is 1. The topological polar surface area (TPSA) is 20.2 Å². The quantitative estimate of drug-likeness (QED) is 0.784. The van der Waals surface area contributed by atoms with Gasteiger partial charge in [-0.1, -0.05) is 55.8 Å². The van der Waals surface area contributed by atoms with E-state index in [2.05, 4.69) is 50.3 Å². The average Bonchev–Trinajstić information content (AvgIpc) is 2.25. The number of aryl methyl sites for hydroxylation is 1. The van der Waals surface area contributed by atoms with Gasteiger partial charge in [-0.25, -0.2) is 0 Å². The summed E-state index contributed by atoms with van der Waals surface area (Å²) in [6.45, 7) is 4.48. The Morgan fingerprint density at radius 2 is 1.88 bits per heavy atom. The van der Waals surface area contributed by atoms with Crippen molar-refractivity contribution in [2.45, 2.75) is 45.6 Å². The van der Waals surface area contributed by atoms with Gasteiger partial charge < -0.3 is 5.11 Å². The van der Waals surface area contributed by atoms with Crippen molar-refractivity contribution in [2.75, 3.05) is 0 Å². The van der Waals surface area contributed by atoms with Gasteiger partial charge in [0.2, 0.25) is 0 Å². The van der Waals surface area contributed by atoms with E-state index < -0.39 is 0 Å². The predicted octanol–water partition coefficient (Wildman–Crippen LogP) is 3.73. The molecule has 1 N–H and O–H groups in total. The number of benzene rings is 1. The zero-order chi connectivity index (χ0) is 12.3. The Morgan fingerprint density at radius 3 is 2.53 bits per heavy atom. The third-order valence-corrected chi connectivity index (χ3v) is 3.47. The molecule has 2 rings (SSSR count). The highest BCUT2D eigenvalue weighted by Crippen LogP contribution is 2.36. The van der Waals surface area contributed by atoms with E-state index in [0.29, 0.717) is 0 Å². The molecule has 1 aliphatic rings. The van der Waals surface area contributed by atoms with Crippen molar-refractivity contribution in [1.29, 1.82) is 0 Å². The Kier molecular flexibility index (Phi) is 3.68. The van der Waals surface area contributed by atoms with Crippen LogP contribution in [0.25, 0.3) is 0 Å². The number of aliphatic hydroxyl groups is 1. The second-order valence-corrected chi connectivity index (χ2v) is 5.92. The van der Waals surface area contributed by atoms with E-state index in [9.17, 15) is 5.11 Å². The Balaban J connectivity index is 1.95. The molecule has 0 spiro atoms. The fourth-order valence-electron chi connectivity index (χ4n) is 2.76. The summed E-state index contributed by atoms with van der Waals surface area (Å²) in [7, 11) is 0. The van der Waals surface area contributed by atoms with Crippen molar-refractivity contribution in [2.24, 2.45) is 5.41 Å². The highest BCUT2D eigenvalue weighted by atomic mass is 16.3. The molecule has 0 aromatic heterocycles. The van der Waals surface area contributed by atoms with Gasteiger partial charge >= 0.3 is 0 Å². The van der Waals surface area contributed by atoms with Crippen molar-refractivity contribution >= 4 is 0 Å². The third-order valence-electron chi connectivity index (χ3n) is 3.47. The highest BCUT2D eigenvalue weighted by molar-refractivity contribution is 5.19. The van der Waals surface area contributed by atoms with E-state index in [1.54, 1.807) is 0 Å². The Labute approximate surface area is 104 Å². The first-order valence-corrected chi connectivity index (χ1v) is 6.47. The fraction of sp³-hybridized carbons (Fsp3) is 0.500. The maximum absolute atomic E-state index is 9.84. The van der Waals surface area contributed by atoms with Crippen molar-refractivity contribution in [3.05, 3.63) is 47.5 Å². The molecule has 0 fully saturated rings. The van der Waals surface area contributed by atoms with E-state index in [1.165, 1.54) is 11.1 Å². The summed E-state index contributed by atoms with van der Waals surface area (Å²) in [4.78, 5) is 0. The molecule has 1 nitrogen and oxygen atoms in total. The molecule has 92 valence electrons. The first-order valence-electron chi connectivity index (χ1n) is 6.47. The lowest BCUT2D eigenvalue weighted by Gasteiger charge is -2.32. The molecule has 1 aromatic carbocycles. The summed E-state index contributed by atoms with van der Waals surface area (Å²) in [5, 5.41) is 9.84. The molecule has 0 bridgehead atoms. The second kappa shape index (κ2) is 5.05. The molecule has 1 unspecified atom stereocenters. The normalized spacial score (nSPS) is 23.2. The summed E-state index contributed by atoms with van der Waals surface area (Å²) in [5.74, 6) is 0. The van der Waals surface area contributed by atoms with Crippen LogP contribution in [0.1, 0.15) is 38.7 Å². The largest absolute Gasteiger partial charge is 0.389 e. The van der Waals surface area contributed by atoms with Gasteiger partial charge in [0, 0.05) is 0 Å². The first kappa shape index (κ1) is 12.4. The Hall–Kier alpha value is -1.08. The smallest absolute Gasteiger partial charge is 0.0728 e. The van der Waals surface area contributed by atoms with Gasteiger partial charge in [0.25, 0.3) is 0 Å². The minimum absolute atomic E-state index is 0.246. The van der Waals surface area contributed by atoms with Crippen LogP contribution in [0, 0.1) is 5.41 Å². The molecule has 1 aliphatic carbocycles. The lowest BCUT2D eigenvalue weighted by molar-refractivity contribution is 0.137. The molecule has 0 saturated heterocycles. The Bertz CT molecular complexity index is 389. The molecule has 1 atom stereocenters. The van der Waals surface area contributed by atoms with E-state index in [-0.39, 0.29) is 11.5 Å². The summed E-state index contributed by atoms with van der Waals surface area (Å²) < 4.78 is 0. The fourth-order valence-corrected chi connectivity index (χ4v) is 2.76. The van der Waals surface area contributed by atoms with E-state index in [0.717, 1.165) is 25.7 Å². The van der Waals surface area contributed by atoms with Crippen molar-refractivity contribution in [3.8, 4) is 0 Å². The average molecular weight is 230 g/mol. The van der Waals surface area contributed by atoms with Crippen molar-refractivity contribution < 1.29 is 5.11 Å². The SMILES string of the molecule is CC1(C)CC(CCc2ccccc2)=CC(O)C1. The molecule has 0 aliphatic heterocycles. The van der Waals surface area contributed by atoms with Crippen LogP contribution in [0.2, 0.25) is 0 Å². The van der Waals surface area contributed by atoms with Gasteiger partial charge in [-0.05, 0) is 36.7 Å². The second-order valence-electron chi connectivity index (χ2n) is 5.92. The molecule has 0 amide bonds. The van der Waals surface area contributed by atoms with Crippen LogP contribution in [0.15, 0.2) is 42.0 Å². The van der Waals surface area contributed by atoms with Crippen LogP contribution >= 0.6 is 0 Å². The van der Waals surface area contributed by atoms with E-state index in [1.807, 2.05) is 0 Å². The van der Waals surface area contributed by atoms with Crippen LogP contribution in [0.5, 0.6) is 0 Å². The Morgan fingerprint density at radius 1 is 1.18 bits per heavy atom. The van der Waals surface area contributed by atoms with Gasteiger partial charge in [-0.15, -0.1) is 0 Å². The summed E-state index contributed by atoms with van der Waals surface area (Å²) in [6, 6.07) is 10.6. The lowest BCUT2D eigenvalue weighted by Crippen LogP contribution is -2.25. The summed E-state index contributed by atoms with van der Waals surface area (Å²) in [6.07, 6.45) is 5.98. The monoisotopic (exact) mass is 230 g/mol. The minimum Gasteiger partial charge on any atom is -0.389 e. The third kappa shape index (κ3) is 3.71. The van der Waals surface area contributed by atoms with Gasteiger partial charge in [0.15, 0.2) is 0 Å². The number of hydrogen-bond donors (Lipinski definition) is 1. The van der Waals surface area contributed by atoms with Gasteiger partial charge in [0.05, 0.1) is 6.10 Å². The van der Waals surface area contributed by atoms with Gasteiger partial charge in [-0.2, -0.15) is 0 Å². The standard InChI is InChI=1S/C16H22O/c1-16(2)11-14(10-15(17)12-16)9-8-13-6-4-3-5-7-13/h3-7,10,15,17H,8-9,11-12H2,1-2H3. The summed E-state index contributed by atoms with van der Waals surface area (Å²) >= 11 is 0. The molecule has 0 radical (unpaired) electrons. The zero-order valence-corrected chi connectivity index (χ0v) is 10.8. The minimum atomic E-state index is -0.246.